The van der Waals surface area contributed by atoms with Crippen molar-refractivity contribution in [1.29, 1.82) is 0 Å². The largest absolute Gasteiger partial charge is 0.477 e. The van der Waals surface area contributed by atoms with Crippen molar-refractivity contribution in [2.24, 2.45) is 62.1 Å². The summed E-state index contributed by atoms with van der Waals surface area (Å²) in [7, 11) is 0. The smallest absolute Gasteiger partial charge is 0.364 e. The minimum Gasteiger partial charge on any atom is -0.477 e. The molecular formula is C93H150O47. The van der Waals surface area contributed by atoms with E-state index < -0.39 is 384 Å². The number of allylic oxidation sites excluding steroid dienone is 2. The lowest BCUT2D eigenvalue weighted by molar-refractivity contribution is -0.412. The van der Waals surface area contributed by atoms with E-state index in [1.54, 1.807) is 27.7 Å². The van der Waals surface area contributed by atoms with Crippen molar-refractivity contribution in [2.45, 2.75) is 437 Å². The topological polar surface area (TPSA) is 737 Å². The molecule has 0 bridgehead atoms. The van der Waals surface area contributed by atoms with Crippen molar-refractivity contribution in [2.75, 3.05) is 39.6 Å². The summed E-state index contributed by atoms with van der Waals surface area (Å²) in [5.41, 5.74) is -7.89. The summed E-state index contributed by atoms with van der Waals surface area (Å²) < 4.78 is 108. The van der Waals surface area contributed by atoms with Crippen LogP contribution in [-0.2, 0) is 109 Å². The molecule has 13 aliphatic rings. The van der Waals surface area contributed by atoms with Gasteiger partial charge in [-0.25, -0.2) is 4.79 Å². The number of aliphatic carboxylic acids is 1. The number of esters is 3. The molecule has 8 heterocycles. The SMILES string of the molecule is CC[C@H](C)[C@H](C[C@H](O)CC(=O)O[C@@H]1C(C)O[C@@H](OC(=O)[C@]23CCC(C)(C)CC2C2=CCC4[C@@]5(C)CC[C@H](O[C@@H]6OC(O)(C(=O)O)CC(O[C@@H]7OC(CO)[C@@H](O)C(O)C7O)C6O[C@@H]6OC(CO)[C@H](O)C(O)C6O)[C@@](C)(C=O)C5CC[C@@]4(C)[C@]2(C)C[C@H]3O)C(O[C@@H]2OC(C)[C@H](O[C@H]3OCC(O)[C@H](O[C@@H]4OCC(O)(CO)C4O)C3O)C(O)C2O)C1O)OC(=O)C[C@@H](O)C[C@H](O[C@@H]1O[C@@H](CO)C(O)C1O)[C@@H](C)CC. The Morgan fingerprint density at radius 3 is 1.64 bits per heavy atom. The zero-order valence-corrected chi connectivity index (χ0v) is 80.7. The number of carbonyl (C=O) groups excluding carboxylic acids is 4. The molecule has 140 heavy (non-hydrogen) atoms. The number of aliphatic hydroxyl groups excluding tert-OH is 21. The van der Waals surface area contributed by atoms with Gasteiger partial charge in [-0.3, -0.25) is 14.4 Å². The molecule has 0 aromatic heterocycles. The van der Waals surface area contributed by atoms with Crippen LogP contribution in [0, 0.1) is 62.1 Å². The van der Waals surface area contributed by atoms with Crippen LogP contribution in [-0.4, -0.2) is 443 Å². The predicted molar refractivity (Wildman–Crippen MR) is 464 cm³/mol. The van der Waals surface area contributed by atoms with Gasteiger partial charge in [0.15, 0.2) is 56.2 Å². The molecule has 8 saturated heterocycles. The zero-order valence-electron chi connectivity index (χ0n) is 80.7. The molecule has 804 valence electrons. The van der Waals surface area contributed by atoms with E-state index in [-0.39, 0.29) is 63.2 Å². The molecule has 8 aliphatic heterocycles. The van der Waals surface area contributed by atoms with Crippen molar-refractivity contribution in [3.8, 4) is 0 Å². The van der Waals surface area contributed by atoms with Crippen LogP contribution < -0.4 is 0 Å². The highest BCUT2D eigenvalue weighted by molar-refractivity contribution is 5.80. The van der Waals surface area contributed by atoms with E-state index in [4.69, 9.17) is 85.3 Å². The third-order valence-electron chi connectivity index (χ3n) is 33.7. The minimum absolute atomic E-state index is 0.000664. The standard InChI is InChI=1S/C93H150O47/c1-13-37(3)46(127-56(103)25-42(100)24-47(38(4)14-2)128-78-64(111)60(107)51(32-96)131-78)23-41(99)26-57(104)134-71-40(6)126-81(74(68(71)115)138-77-67(114)63(110)70(39(5)125-77)135-76-69(116)72(45(101)33-123-76)136-83-75(117)91(121,35-98)36-124-83)139-85(120)92-22-21-86(7,8)27-44(92)43-15-16-53-87(9)19-18-55(88(10,34-97)52(87)17-20-89(53,11)90(43,12)29-54(92)102)133-82-73(137-80-66(113)62(109)59(106)50(31-95)132-80)48(28-93(122,140-82)84(118)119)129-79-65(112)61(108)58(105)49(30-94)130-79/h15,34,37-42,44-55,58-83,94-96,98-102,105-117,121-122H,13-14,16-33,35-36H2,1-12H3,(H,118,119)/t37-,38-,39?,40?,41-,42-,44?,45?,46-,47-,48?,49?,50?,51-,52?,53?,54+,55-,58+,59-,60?,61?,62?,63?,64?,65?,66?,67?,68?,69?,70-,71+,72-,73?,74?,75?,76+,77-,78+,79+,80-,81-,82+,83-,87-,88-,89+,90+,91?,92+,93?/m0/s1. The summed E-state index contributed by atoms with van der Waals surface area (Å²) in [5.74, 6) is -10.9. The summed E-state index contributed by atoms with van der Waals surface area (Å²) in [6, 6.07) is 0. The Hall–Kier alpha value is -4.23. The molecule has 4 saturated carbocycles. The fourth-order valence-corrected chi connectivity index (χ4v) is 24.4. The molecule has 47 nitrogen and oxygen atoms in total. The number of aliphatic hydroxyl groups is 23. The molecule has 0 amide bonds. The Morgan fingerprint density at radius 2 is 1.05 bits per heavy atom. The van der Waals surface area contributed by atoms with Crippen molar-refractivity contribution in [1.82, 2.24) is 0 Å². The third-order valence-corrected chi connectivity index (χ3v) is 33.7. The number of fused-ring (bicyclic) bond motifs is 7. The Balaban J connectivity index is 0.751. The van der Waals surface area contributed by atoms with Crippen LogP contribution in [0.3, 0.4) is 0 Å². The molecular weight excluding hydrogens is 1870 g/mol. The maximum atomic E-state index is 16.4. The Bertz CT molecular complexity index is 4170. The number of hydrogen-bond acceptors (Lipinski definition) is 46. The summed E-state index contributed by atoms with van der Waals surface area (Å²) in [4.78, 5) is 72.2. The summed E-state index contributed by atoms with van der Waals surface area (Å²) in [6.07, 6.45) is -66.0. The van der Waals surface area contributed by atoms with E-state index in [9.17, 15) is 142 Å². The molecule has 12 fully saturated rings. The van der Waals surface area contributed by atoms with Crippen LogP contribution in [0.2, 0.25) is 0 Å². The zero-order chi connectivity index (χ0) is 103. The van der Waals surface area contributed by atoms with Crippen LogP contribution >= 0.6 is 0 Å². The Kier molecular flexibility index (Phi) is 35.9. The maximum absolute atomic E-state index is 16.4. The molecule has 0 aromatic carbocycles. The highest BCUT2D eigenvalue weighted by atomic mass is 16.8. The van der Waals surface area contributed by atoms with Crippen LogP contribution in [0.25, 0.3) is 0 Å². The van der Waals surface area contributed by atoms with E-state index in [1.807, 2.05) is 27.7 Å². The second-order valence-electron chi connectivity index (χ2n) is 43.1. The number of hydrogen-bond donors (Lipinski definition) is 24. The number of carbonyl (C=O) groups is 5. The quantitative estimate of drug-likeness (QED) is 0.00913. The average Bonchev–Trinajstić information content (AvgIpc) is 0.684. The monoisotopic (exact) mass is 2020 g/mol. The molecule has 0 radical (unpaired) electrons. The van der Waals surface area contributed by atoms with Crippen molar-refractivity contribution in [3.05, 3.63) is 11.6 Å². The van der Waals surface area contributed by atoms with Gasteiger partial charge in [-0.1, -0.05) is 93.7 Å². The molecule has 51 atom stereocenters. The van der Waals surface area contributed by atoms with E-state index in [0.717, 1.165) is 5.57 Å². The fourth-order valence-electron chi connectivity index (χ4n) is 24.4. The fraction of sp³-hybridized carbons (Fsp3) is 0.925. The Labute approximate surface area is 808 Å². The highest BCUT2D eigenvalue weighted by Gasteiger charge is 2.74. The van der Waals surface area contributed by atoms with Gasteiger partial charge in [-0.2, -0.15) is 0 Å². The average molecular weight is 2020 g/mol. The van der Waals surface area contributed by atoms with Crippen molar-refractivity contribution >= 4 is 30.2 Å². The number of aldehydes is 1. The number of carboxylic acids is 1. The number of ether oxygens (including phenoxy) is 18. The third kappa shape index (κ3) is 21.7. The van der Waals surface area contributed by atoms with Crippen molar-refractivity contribution < 1.29 is 232 Å². The lowest BCUT2D eigenvalue weighted by atomic mass is 9.33. The van der Waals surface area contributed by atoms with E-state index >= 15 is 4.79 Å². The van der Waals surface area contributed by atoms with Crippen LogP contribution in [0.5, 0.6) is 0 Å². The minimum atomic E-state index is -3.28. The summed E-state index contributed by atoms with van der Waals surface area (Å²) >= 11 is 0. The van der Waals surface area contributed by atoms with Crippen LogP contribution in [0.4, 0.5) is 0 Å². The molecule has 24 unspecified atom stereocenters. The molecule has 0 aromatic rings. The normalized spacial score (nSPS) is 48.8. The number of rotatable bonds is 36. The van der Waals surface area contributed by atoms with E-state index in [1.165, 1.54) is 13.8 Å². The molecule has 0 spiro atoms. The number of carboxylic acid groups (broad SMARTS) is 1. The second-order valence-corrected chi connectivity index (χ2v) is 43.1. The maximum Gasteiger partial charge on any atom is 0.364 e. The van der Waals surface area contributed by atoms with E-state index in [0.29, 0.717) is 38.4 Å². The Morgan fingerprint density at radius 1 is 0.514 bits per heavy atom. The first kappa shape index (κ1) is 113. The van der Waals surface area contributed by atoms with Gasteiger partial charge in [0.1, 0.15) is 145 Å². The first-order chi connectivity index (χ1) is 65.7. The van der Waals surface area contributed by atoms with Gasteiger partial charge in [-0.15, -0.1) is 0 Å². The van der Waals surface area contributed by atoms with E-state index in [2.05, 4.69) is 19.9 Å². The van der Waals surface area contributed by atoms with Crippen molar-refractivity contribution in [3.63, 3.8) is 0 Å². The lowest BCUT2D eigenvalue weighted by Gasteiger charge is -2.71. The predicted octanol–water partition coefficient (Wildman–Crippen LogP) is -5.98. The summed E-state index contributed by atoms with van der Waals surface area (Å²) in [5, 5.41) is 267. The summed E-state index contributed by atoms with van der Waals surface area (Å²) in [6.45, 7) is 17.1. The van der Waals surface area contributed by atoms with Gasteiger partial charge in [0.2, 0.25) is 6.29 Å². The lowest BCUT2D eigenvalue weighted by Crippen LogP contribution is -2.69. The first-order valence-electron chi connectivity index (χ1n) is 48.9. The molecule has 24 N–H and O–H groups in total. The second kappa shape index (κ2) is 44.5. The highest BCUT2D eigenvalue weighted by Crippen LogP contribution is 2.76. The van der Waals surface area contributed by atoms with Crippen LogP contribution in [0.15, 0.2) is 11.6 Å². The van der Waals surface area contributed by atoms with Gasteiger partial charge in [-0.05, 0) is 123 Å². The van der Waals surface area contributed by atoms with Crippen LogP contribution in [0.1, 0.15) is 186 Å². The van der Waals surface area contributed by atoms with Gasteiger partial charge in [0.05, 0.1) is 107 Å². The van der Waals surface area contributed by atoms with Gasteiger partial charge >= 0.3 is 23.9 Å². The van der Waals surface area contributed by atoms with Gasteiger partial charge in [0, 0.05) is 19.3 Å². The van der Waals surface area contributed by atoms with Gasteiger partial charge < -0.3 is 213 Å². The molecule has 47 heteroatoms. The molecule has 13 rings (SSSR count). The first-order valence-corrected chi connectivity index (χ1v) is 48.9. The van der Waals surface area contributed by atoms with Gasteiger partial charge in [0.25, 0.3) is 5.79 Å². The molecule has 5 aliphatic carbocycles.